The summed E-state index contributed by atoms with van der Waals surface area (Å²) in [7, 11) is -1.20. The van der Waals surface area contributed by atoms with E-state index in [-0.39, 0.29) is 35.1 Å². The van der Waals surface area contributed by atoms with Crippen LogP contribution >= 0.6 is 15.9 Å². The van der Waals surface area contributed by atoms with Crippen LogP contribution in [0.2, 0.25) is 0 Å². The van der Waals surface area contributed by atoms with Crippen LogP contribution in [0, 0.1) is 6.92 Å². The summed E-state index contributed by atoms with van der Waals surface area (Å²) < 4.78 is 40.0. The highest BCUT2D eigenvalue weighted by atomic mass is 79.9. The van der Waals surface area contributed by atoms with Crippen molar-refractivity contribution in [1.82, 2.24) is 19.7 Å². The highest BCUT2D eigenvalue weighted by Gasteiger charge is 2.17. The number of hydrogen-bond donors (Lipinski definition) is 2. The number of aromatic nitrogens is 4. The van der Waals surface area contributed by atoms with Crippen molar-refractivity contribution in [3.8, 4) is 11.9 Å². The molecule has 1 amide bonds. The lowest BCUT2D eigenvalue weighted by molar-refractivity contribution is -0.116. The number of sulfonamides is 1. The fourth-order valence-corrected chi connectivity index (χ4v) is 3.77. The number of nitrogens with zero attached hydrogens (tertiary/aromatic N) is 4. The molecule has 164 valence electrons. The molecule has 2 heterocycles. The van der Waals surface area contributed by atoms with Gasteiger partial charge in [0.25, 0.3) is 10.0 Å². The second-order valence-corrected chi connectivity index (χ2v) is 8.73. The van der Waals surface area contributed by atoms with E-state index in [4.69, 9.17) is 9.47 Å². The van der Waals surface area contributed by atoms with E-state index >= 15 is 0 Å². The summed E-state index contributed by atoms with van der Waals surface area (Å²) in [5.74, 6) is -0.170. The summed E-state index contributed by atoms with van der Waals surface area (Å²) in [4.78, 5) is 20.1. The SMILES string of the molecule is COc1cc(NS(=O)(=O)c2ccc(NC(=O)Cn3ncc(Br)c3C)cc2)nc(OC)n1. The average molecular weight is 511 g/mol. The van der Waals surface area contributed by atoms with Crippen LogP contribution < -0.4 is 19.5 Å². The molecule has 31 heavy (non-hydrogen) atoms. The number of halogens is 1. The molecular weight excluding hydrogens is 492 g/mol. The molecule has 1 aromatic carbocycles. The first-order valence-electron chi connectivity index (χ1n) is 8.79. The number of rotatable bonds is 8. The quantitative estimate of drug-likeness (QED) is 0.470. The maximum absolute atomic E-state index is 12.7. The van der Waals surface area contributed by atoms with Gasteiger partial charge >= 0.3 is 6.01 Å². The summed E-state index contributed by atoms with van der Waals surface area (Å²) in [5, 5.41) is 6.80. The zero-order valence-electron chi connectivity index (χ0n) is 16.8. The molecule has 0 aliphatic heterocycles. The summed E-state index contributed by atoms with van der Waals surface area (Å²) in [6.45, 7) is 1.86. The first-order valence-corrected chi connectivity index (χ1v) is 11.1. The number of carbonyl (C=O) groups is 1. The van der Waals surface area contributed by atoms with Crippen molar-refractivity contribution >= 4 is 43.4 Å². The maximum atomic E-state index is 12.7. The fourth-order valence-electron chi connectivity index (χ4n) is 2.49. The zero-order valence-corrected chi connectivity index (χ0v) is 19.2. The van der Waals surface area contributed by atoms with Gasteiger partial charge in [0.05, 0.1) is 35.5 Å². The number of benzene rings is 1. The Bertz CT molecular complexity index is 1170. The van der Waals surface area contributed by atoms with Gasteiger partial charge in [-0.1, -0.05) is 0 Å². The molecule has 0 bridgehead atoms. The zero-order chi connectivity index (χ0) is 22.6. The Labute approximate surface area is 187 Å². The van der Waals surface area contributed by atoms with Gasteiger partial charge in [-0.2, -0.15) is 15.1 Å². The predicted octanol–water partition coefficient (Wildman–Crippen LogP) is 2.20. The Kier molecular flexibility index (Phi) is 6.75. The molecule has 0 unspecified atom stereocenters. The van der Waals surface area contributed by atoms with E-state index < -0.39 is 10.0 Å². The standard InChI is InChI=1S/C18H19BrN6O5S/c1-11-14(19)9-20-25(11)10-16(26)21-12-4-6-13(7-5-12)31(27,28)24-15-8-17(29-2)23-18(22-15)30-3/h4-9H,10H2,1-3H3,(H,21,26)(H,22,23,24). The molecule has 0 saturated carbocycles. The molecule has 3 rings (SSSR count). The van der Waals surface area contributed by atoms with Crippen LogP contribution in [-0.4, -0.2) is 48.3 Å². The number of nitrogens with one attached hydrogen (secondary N) is 2. The second kappa shape index (κ2) is 9.31. The van der Waals surface area contributed by atoms with Gasteiger partial charge < -0.3 is 14.8 Å². The van der Waals surface area contributed by atoms with Crippen molar-refractivity contribution in [3.63, 3.8) is 0 Å². The van der Waals surface area contributed by atoms with Crippen LogP contribution in [0.15, 0.2) is 45.9 Å². The minimum absolute atomic E-state index is 0.0122. The number of ether oxygens (including phenoxy) is 2. The van der Waals surface area contributed by atoms with Crippen LogP contribution in [-0.2, 0) is 21.4 Å². The molecule has 0 spiro atoms. The maximum Gasteiger partial charge on any atom is 0.321 e. The molecule has 2 N–H and O–H groups in total. The van der Waals surface area contributed by atoms with Gasteiger partial charge in [-0.15, -0.1) is 0 Å². The number of methoxy groups -OCH3 is 2. The molecule has 13 heteroatoms. The van der Waals surface area contributed by atoms with Gasteiger partial charge in [-0.05, 0) is 47.1 Å². The Morgan fingerprint density at radius 3 is 2.45 bits per heavy atom. The first-order chi connectivity index (χ1) is 14.7. The number of anilines is 2. The third kappa shape index (κ3) is 5.49. The molecule has 11 nitrogen and oxygen atoms in total. The topological polar surface area (TPSA) is 137 Å². The molecule has 0 fully saturated rings. The highest BCUT2D eigenvalue weighted by Crippen LogP contribution is 2.21. The van der Waals surface area contributed by atoms with Gasteiger partial charge in [0.1, 0.15) is 6.54 Å². The number of amides is 1. The minimum atomic E-state index is -3.94. The van der Waals surface area contributed by atoms with E-state index in [1.54, 1.807) is 10.9 Å². The average Bonchev–Trinajstić information content (AvgIpc) is 3.05. The van der Waals surface area contributed by atoms with Crippen LogP contribution in [0.4, 0.5) is 11.5 Å². The predicted molar refractivity (Wildman–Crippen MR) is 116 cm³/mol. The molecule has 0 radical (unpaired) electrons. The Morgan fingerprint density at radius 1 is 1.16 bits per heavy atom. The lowest BCUT2D eigenvalue weighted by Gasteiger charge is -2.11. The van der Waals surface area contributed by atoms with Crippen molar-refractivity contribution in [3.05, 3.63) is 46.7 Å². The van der Waals surface area contributed by atoms with E-state index in [0.717, 1.165) is 10.2 Å². The monoisotopic (exact) mass is 510 g/mol. The third-order valence-electron chi connectivity index (χ3n) is 4.10. The number of hydrogen-bond acceptors (Lipinski definition) is 8. The highest BCUT2D eigenvalue weighted by molar-refractivity contribution is 9.10. The lowest BCUT2D eigenvalue weighted by atomic mass is 10.3. The van der Waals surface area contributed by atoms with E-state index in [9.17, 15) is 13.2 Å². The number of carbonyl (C=O) groups excluding carboxylic acids is 1. The molecule has 0 saturated heterocycles. The molecule has 0 aliphatic carbocycles. The molecule has 0 aliphatic rings. The Morgan fingerprint density at radius 2 is 1.87 bits per heavy atom. The van der Waals surface area contributed by atoms with Crippen LogP contribution in [0.3, 0.4) is 0 Å². The van der Waals surface area contributed by atoms with E-state index in [1.165, 1.54) is 44.6 Å². The summed E-state index contributed by atoms with van der Waals surface area (Å²) >= 11 is 3.34. The summed E-state index contributed by atoms with van der Waals surface area (Å²) in [6.07, 6.45) is 1.61. The Hall–Kier alpha value is -3.19. The molecular formula is C18H19BrN6O5S. The van der Waals surface area contributed by atoms with Crippen molar-refractivity contribution in [1.29, 1.82) is 0 Å². The molecule has 2 aromatic heterocycles. The van der Waals surface area contributed by atoms with E-state index in [0.29, 0.717) is 5.69 Å². The Balaban J connectivity index is 1.70. The second-order valence-electron chi connectivity index (χ2n) is 6.20. The third-order valence-corrected chi connectivity index (χ3v) is 6.25. The summed E-state index contributed by atoms with van der Waals surface area (Å²) in [6, 6.07) is 6.98. The molecule has 0 atom stereocenters. The van der Waals surface area contributed by atoms with Gasteiger partial charge in [0, 0.05) is 11.8 Å². The van der Waals surface area contributed by atoms with Gasteiger partial charge in [-0.3, -0.25) is 14.2 Å². The van der Waals surface area contributed by atoms with Crippen LogP contribution in [0.25, 0.3) is 0 Å². The van der Waals surface area contributed by atoms with Gasteiger partial charge in [0.15, 0.2) is 5.82 Å². The van der Waals surface area contributed by atoms with Crippen LogP contribution in [0.5, 0.6) is 11.9 Å². The first kappa shape index (κ1) is 22.5. The minimum Gasteiger partial charge on any atom is -0.481 e. The molecule has 3 aromatic rings. The normalized spacial score (nSPS) is 11.1. The van der Waals surface area contributed by atoms with Gasteiger partial charge in [0.2, 0.25) is 11.8 Å². The van der Waals surface area contributed by atoms with Crippen molar-refractivity contribution in [2.45, 2.75) is 18.4 Å². The van der Waals surface area contributed by atoms with E-state index in [2.05, 4.69) is 41.0 Å². The van der Waals surface area contributed by atoms with E-state index in [1.807, 2.05) is 6.92 Å². The van der Waals surface area contributed by atoms with Crippen molar-refractivity contribution in [2.75, 3.05) is 24.3 Å². The fraction of sp³-hybridized carbons (Fsp3) is 0.222. The van der Waals surface area contributed by atoms with Crippen LogP contribution in [0.1, 0.15) is 5.69 Å². The van der Waals surface area contributed by atoms with Crippen molar-refractivity contribution in [2.24, 2.45) is 0 Å². The van der Waals surface area contributed by atoms with Gasteiger partial charge in [-0.25, -0.2) is 8.42 Å². The summed E-state index contributed by atoms with van der Waals surface area (Å²) in [5.41, 5.74) is 1.26. The smallest absolute Gasteiger partial charge is 0.321 e. The van der Waals surface area contributed by atoms with Crippen molar-refractivity contribution < 1.29 is 22.7 Å². The lowest BCUT2D eigenvalue weighted by Crippen LogP contribution is -2.20. The largest absolute Gasteiger partial charge is 0.481 e.